The van der Waals surface area contributed by atoms with E-state index in [0.29, 0.717) is 6.54 Å². The van der Waals surface area contributed by atoms with E-state index >= 15 is 0 Å². The summed E-state index contributed by atoms with van der Waals surface area (Å²) in [5, 5.41) is 2.38. The summed E-state index contributed by atoms with van der Waals surface area (Å²) >= 11 is 0. The van der Waals surface area contributed by atoms with Gasteiger partial charge in [0.2, 0.25) is 0 Å². The van der Waals surface area contributed by atoms with Crippen molar-refractivity contribution < 1.29 is 0 Å². The molecule has 0 radical (unpaired) electrons. The molecular formula is C16H15N3. The second-order valence-corrected chi connectivity index (χ2v) is 4.44. The standard InChI is InChI=1S/C16H15N3/c17-10-8-13-9-11-18-16(19-13)15-7-3-5-12-4-1-2-6-14(12)15/h1-7,9,11H,8,10,17H2. The third-order valence-electron chi connectivity index (χ3n) is 3.14. The molecule has 0 aliphatic heterocycles. The molecule has 19 heavy (non-hydrogen) atoms. The van der Waals surface area contributed by atoms with Crippen LogP contribution in [-0.2, 0) is 6.42 Å². The Bertz CT molecular complexity index is 702. The van der Waals surface area contributed by atoms with Gasteiger partial charge in [0.05, 0.1) is 0 Å². The van der Waals surface area contributed by atoms with Crippen LogP contribution in [0.25, 0.3) is 22.2 Å². The van der Waals surface area contributed by atoms with Gasteiger partial charge >= 0.3 is 0 Å². The van der Waals surface area contributed by atoms with Gasteiger partial charge in [0.15, 0.2) is 5.82 Å². The Kier molecular flexibility index (Phi) is 3.21. The Labute approximate surface area is 112 Å². The van der Waals surface area contributed by atoms with Gasteiger partial charge in [-0.1, -0.05) is 42.5 Å². The van der Waals surface area contributed by atoms with Crippen LogP contribution < -0.4 is 5.73 Å². The molecule has 1 aromatic heterocycles. The second-order valence-electron chi connectivity index (χ2n) is 4.44. The van der Waals surface area contributed by atoms with Gasteiger partial charge in [-0.15, -0.1) is 0 Å². The topological polar surface area (TPSA) is 51.8 Å². The molecular weight excluding hydrogens is 234 g/mol. The number of rotatable bonds is 3. The Morgan fingerprint density at radius 2 is 1.79 bits per heavy atom. The minimum atomic E-state index is 0.603. The highest BCUT2D eigenvalue weighted by Crippen LogP contribution is 2.25. The van der Waals surface area contributed by atoms with E-state index in [-0.39, 0.29) is 0 Å². The van der Waals surface area contributed by atoms with Crippen molar-refractivity contribution in [2.24, 2.45) is 5.73 Å². The summed E-state index contributed by atoms with van der Waals surface area (Å²) < 4.78 is 0. The number of hydrogen-bond donors (Lipinski definition) is 1. The van der Waals surface area contributed by atoms with Crippen LogP contribution in [0.5, 0.6) is 0 Å². The highest BCUT2D eigenvalue weighted by molar-refractivity contribution is 5.94. The quantitative estimate of drug-likeness (QED) is 0.776. The minimum absolute atomic E-state index is 0.603. The molecule has 1 heterocycles. The second kappa shape index (κ2) is 5.16. The van der Waals surface area contributed by atoms with Crippen LogP contribution in [0.2, 0.25) is 0 Å². The van der Waals surface area contributed by atoms with Crippen molar-refractivity contribution in [1.29, 1.82) is 0 Å². The zero-order valence-corrected chi connectivity index (χ0v) is 10.6. The van der Waals surface area contributed by atoms with Crippen LogP contribution in [0, 0.1) is 0 Å². The summed E-state index contributed by atoms with van der Waals surface area (Å²) in [6.45, 7) is 0.603. The number of nitrogens with two attached hydrogens (primary N) is 1. The maximum absolute atomic E-state index is 5.58. The molecule has 3 rings (SSSR count). The van der Waals surface area contributed by atoms with Crippen molar-refractivity contribution in [3.8, 4) is 11.4 Å². The average molecular weight is 249 g/mol. The Morgan fingerprint density at radius 1 is 0.947 bits per heavy atom. The molecule has 0 spiro atoms. The van der Waals surface area contributed by atoms with Crippen LogP contribution in [0.1, 0.15) is 5.69 Å². The summed E-state index contributed by atoms with van der Waals surface area (Å²) in [5.41, 5.74) is 7.63. The Hall–Kier alpha value is -2.26. The van der Waals surface area contributed by atoms with Gasteiger partial charge in [-0.05, 0) is 23.4 Å². The van der Waals surface area contributed by atoms with Gasteiger partial charge in [0.25, 0.3) is 0 Å². The maximum Gasteiger partial charge on any atom is 0.159 e. The third kappa shape index (κ3) is 2.33. The average Bonchev–Trinajstić information content (AvgIpc) is 2.47. The molecule has 3 heteroatoms. The Balaban J connectivity index is 2.16. The lowest BCUT2D eigenvalue weighted by atomic mass is 10.0. The summed E-state index contributed by atoms with van der Waals surface area (Å²) in [5.74, 6) is 0.766. The number of benzene rings is 2. The molecule has 2 aromatic carbocycles. The monoisotopic (exact) mass is 249 g/mol. The van der Waals surface area contributed by atoms with Gasteiger partial charge in [0.1, 0.15) is 0 Å². The molecule has 0 saturated carbocycles. The predicted octanol–water partition coefficient (Wildman–Crippen LogP) is 2.80. The molecule has 2 N–H and O–H groups in total. The highest BCUT2D eigenvalue weighted by atomic mass is 14.9. The van der Waals surface area contributed by atoms with Gasteiger partial charge in [-0.3, -0.25) is 0 Å². The SMILES string of the molecule is NCCc1ccnc(-c2cccc3ccccc23)n1. The fourth-order valence-electron chi connectivity index (χ4n) is 2.23. The third-order valence-corrected chi connectivity index (χ3v) is 3.14. The molecule has 3 nitrogen and oxygen atoms in total. The van der Waals surface area contributed by atoms with Crippen LogP contribution in [0.15, 0.2) is 54.7 Å². The van der Waals surface area contributed by atoms with E-state index in [9.17, 15) is 0 Å². The first-order valence-corrected chi connectivity index (χ1v) is 6.38. The summed E-state index contributed by atoms with van der Waals surface area (Å²) in [6, 6.07) is 16.4. The van der Waals surface area contributed by atoms with Crippen LogP contribution in [-0.4, -0.2) is 16.5 Å². The molecule has 0 unspecified atom stereocenters. The summed E-state index contributed by atoms with van der Waals surface area (Å²) in [7, 11) is 0. The van der Waals surface area contributed by atoms with E-state index < -0.39 is 0 Å². The zero-order chi connectivity index (χ0) is 13.1. The zero-order valence-electron chi connectivity index (χ0n) is 10.6. The smallest absolute Gasteiger partial charge is 0.159 e. The first kappa shape index (κ1) is 11.8. The molecule has 3 aromatic rings. The first-order chi connectivity index (χ1) is 9.38. The number of hydrogen-bond acceptors (Lipinski definition) is 3. The van der Waals surface area contributed by atoms with E-state index in [1.165, 1.54) is 10.8 Å². The lowest BCUT2D eigenvalue weighted by Crippen LogP contribution is -2.05. The van der Waals surface area contributed by atoms with Crippen molar-refractivity contribution in [1.82, 2.24) is 9.97 Å². The van der Waals surface area contributed by atoms with E-state index in [2.05, 4.69) is 34.2 Å². The fraction of sp³-hybridized carbons (Fsp3) is 0.125. The van der Waals surface area contributed by atoms with Gasteiger partial charge in [0, 0.05) is 23.9 Å². The molecule has 0 saturated heterocycles. The lowest BCUT2D eigenvalue weighted by molar-refractivity contribution is 0.913. The van der Waals surface area contributed by atoms with Crippen molar-refractivity contribution in [3.63, 3.8) is 0 Å². The Morgan fingerprint density at radius 3 is 2.68 bits per heavy atom. The molecule has 0 bridgehead atoms. The fourth-order valence-corrected chi connectivity index (χ4v) is 2.23. The molecule has 0 aliphatic rings. The molecule has 0 fully saturated rings. The van der Waals surface area contributed by atoms with E-state index in [0.717, 1.165) is 23.5 Å². The number of nitrogens with zero attached hydrogens (tertiary/aromatic N) is 2. The van der Waals surface area contributed by atoms with Crippen molar-refractivity contribution in [3.05, 3.63) is 60.4 Å². The van der Waals surface area contributed by atoms with E-state index in [4.69, 9.17) is 5.73 Å². The van der Waals surface area contributed by atoms with Crippen LogP contribution >= 0.6 is 0 Å². The maximum atomic E-state index is 5.58. The minimum Gasteiger partial charge on any atom is -0.330 e. The highest BCUT2D eigenvalue weighted by Gasteiger charge is 2.06. The van der Waals surface area contributed by atoms with Crippen molar-refractivity contribution >= 4 is 10.8 Å². The van der Waals surface area contributed by atoms with E-state index in [1.54, 1.807) is 6.20 Å². The van der Waals surface area contributed by atoms with E-state index in [1.807, 2.05) is 24.3 Å². The molecule has 0 atom stereocenters. The van der Waals surface area contributed by atoms with Crippen molar-refractivity contribution in [2.75, 3.05) is 6.54 Å². The van der Waals surface area contributed by atoms with Gasteiger partial charge < -0.3 is 5.73 Å². The molecule has 0 amide bonds. The first-order valence-electron chi connectivity index (χ1n) is 6.38. The van der Waals surface area contributed by atoms with Gasteiger partial charge in [-0.25, -0.2) is 9.97 Å². The van der Waals surface area contributed by atoms with Crippen LogP contribution in [0.4, 0.5) is 0 Å². The summed E-state index contributed by atoms with van der Waals surface area (Å²) in [4.78, 5) is 8.98. The normalized spacial score (nSPS) is 10.8. The largest absolute Gasteiger partial charge is 0.330 e. The lowest BCUT2D eigenvalue weighted by Gasteiger charge is -2.06. The summed E-state index contributed by atoms with van der Waals surface area (Å²) in [6.07, 6.45) is 2.58. The number of aromatic nitrogens is 2. The molecule has 0 aliphatic carbocycles. The number of fused-ring (bicyclic) bond motifs is 1. The predicted molar refractivity (Wildman–Crippen MR) is 77.7 cm³/mol. The molecule has 94 valence electrons. The van der Waals surface area contributed by atoms with Crippen LogP contribution in [0.3, 0.4) is 0 Å². The van der Waals surface area contributed by atoms with Gasteiger partial charge in [-0.2, -0.15) is 0 Å². The van der Waals surface area contributed by atoms with Crippen molar-refractivity contribution in [2.45, 2.75) is 6.42 Å².